The SMILES string of the molecule is NC1=CC=C(C=Cc2ccc(N)cc2)C(S(=O)(=O)O)(S(=O)(=O)O)C1. The Kier molecular flexibility index (Phi) is 4.59. The number of allylic oxidation sites excluding steroid dienone is 4. The minimum Gasteiger partial charge on any atom is -0.402 e. The van der Waals surface area contributed by atoms with Gasteiger partial charge in [0.05, 0.1) is 0 Å². The van der Waals surface area contributed by atoms with Crippen molar-refractivity contribution in [1.29, 1.82) is 0 Å². The Balaban J connectivity index is 2.61. The zero-order valence-corrected chi connectivity index (χ0v) is 14.0. The zero-order chi connectivity index (χ0) is 18.2. The first-order valence-electron chi connectivity index (χ1n) is 6.62. The molecule has 0 spiro atoms. The summed E-state index contributed by atoms with van der Waals surface area (Å²) in [7, 11) is -10.5. The molecule has 0 atom stereocenters. The molecular formula is C14H16N2O6S2. The highest BCUT2D eigenvalue weighted by atomic mass is 32.3. The van der Waals surface area contributed by atoms with Crippen molar-refractivity contribution in [3.8, 4) is 0 Å². The van der Waals surface area contributed by atoms with E-state index in [-0.39, 0.29) is 11.3 Å². The zero-order valence-electron chi connectivity index (χ0n) is 12.3. The van der Waals surface area contributed by atoms with E-state index in [1.807, 2.05) is 0 Å². The summed E-state index contributed by atoms with van der Waals surface area (Å²) in [5.41, 5.74) is 11.7. The summed E-state index contributed by atoms with van der Waals surface area (Å²) in [6.07, 6.45) is 4.23. The van der Waals surface area contributed by atoms with Gasteiger partial charge in [0.1, 0.15) is 0 Å². The highest BCUT2D eigenvalue weighted by molar-refractivity contribution is 8.05. The molecular weight excluding hydrogens is 356 g/mol. The van der Waals surface area contributed by atoms with E-state index in [4.69, 9.17) is 11.5 Å². The monoisotopic (exact) mass is 372 g/mol. The first kappa shape index (κ1) is 18.2. The van der Waals surface area contributed by atoms with Crippen molar-refractivity contribution >= 4 is 32.0 Å². The van der Waals surface area contributed by atoms with Crippen molar-refractivity contribution in [1.82, 2.24) is 0 Å². The van der Waals surface area contributed by atoms with Gasteiger partial charge in [-0.3, -0.25) is 9.11 Å². The quantitative estimate of drug-likeness (QED) is 0.448. The molecule has 0 heterocycles. The predicted octanol–water partition coefficient (Wildman–Crippen LogP) is 0.927. The molecule has 0 saturated heterocycles. The van der Waals surface area contributed by atoms with Gasteiger partial charge in [0.2, 0.25) is 0 Å². The van der Waals surface area contributed by atoms with E-state index in [0.717, 1.165) is 6.08 Å². The minimum atomic E-state index is -5.24. The summed E-state index contributed by atoms with van der Waals surface area (Å²) in [6.45, 7) is 0. The fourth-order valence-electron chi connectivity index (χ4n) is 2.34. The van der Waals surface area contributed by atoms with Gasteiger partial charge in [-0.25, -0.2) is 0 Å². The number of anilines is 1. The topological polar surface area (TPSA) is 161 Å². The van der Waals surface area contributed by atoms with Gasteiger partial charge in [-0.05, 0) is 29.3 Å². The van der Waals surface area contributed by atoms with Gasteiger partial charge >= 0.3 is 0 Å². The average Bonchev–Trinajstić information content (AvgIpc) is 2.45. The third-order valence-electron chi connectivity index (χ3n) is 3.58. The normalized spacial score (nSPS) is 18.2. The fourth-order valence-corrected chi connectivity index (χ4v) is 4.97. The Labute approximate surface area is 139 Å². The van der Waals surface area contributed by atoms with Crippen LogP contribution in [0.4, 0.5) is 5.69 Å². The van der Waals surface area contributed by atoms with Crippen LogP contribution in [-0.4, -0.2) is 30.0 Å². The number of hydrogen-bond donors (Lipinski definition) is 4. The van der Waals surface area contributed by atoms with E-state index in [2.05, 4.69) is 0 Å². The Morgan fingerprint density at radius 3 is 1.96 bits per heavy atom. The fraction of sp³-hybridized carbons (Fsp3) is 0.143. The molecule has 10 heteroatoms. The molecule has 0 saturated carbocycles. The summed E-state index contributed by atoms with van der Waals surface area (Å²) in [5.74, 6) is 0. The lowest BCUT2D eigenvalue weighted by molar-refractivity contribution is 0.432. The average molecular weight is 372 g/mol. The predicted molar refractivity (Wildman–Crippen MR) is 90.7 cm³/mol. The second-order valence-corrected chi connectivity index (χ2v) is 8.80. The van der Waals surface area contributed by atoms with Crippen molar-refractivity contribution in [2.45, 2.75) is 10.5 Å². The molecule has 8 nitrogen and oxygen atoms in total. The lowest BCUT2D eigenvalue weighted by Gasteiger charge is -2.30. The molecule has 0 aromatic heterocycles. The second-order valence-electron chi connectivity index (χ2n) is 5.24. The molecule has 0 unspecified atom stereocenters. The van der Waals surface area contributed by atoms with E-state index in [1.165, 1.54) is 18.2 Å². The third-order valence-corrected chi connectivity index (χ3v) is 7.27. The van der Waals surface area contributed by atoms with Crippen molar-refractivity contribution in [2.24, 2.45) is 5.73 Å². The van der Waals surface area contributed by atoms with E-state index in [0.29, 0.717) is 11.3 Å². The van der Waals surface area contributed by atoms with Gasteiger partial charge in [-0.2, -0.15) is 16.8 Å². The van der Waals surface area contributed by atoms with E-state index < -0.39 is 30.7 Å². The van der Waals surface area contributed by atoms with Crippen molar-refractivity contribution in [3.63, 3.8) is 0 Å². The molecule has 1 aliphatic rings. The van der Waals surface area contributed by atoms with Crippen molar-refractivity contribution in [2.75, 3.05) is 5.73 Å². The maximum absolute atomic E-state index is 11.8. The Morgan fingerprint density at radius 2 is 1.46 bits per heavy atom. The first-order chi connectivity index (χ1) is 11.0. The van der Waals surface area contributed by atoms with Crippen molar-refractivity contribution in [3.05, 3.63) is 59.3 Å². The van der Waals surface area contributed by atoms with Crippen LogP contribution >= 0.6 is 0 Å². The second kappa shape index (κ2) is 6.06. The van der Waals surface area contributed by atoms with E-state index in [1.54, 1.807) is 24.3 Å². The van der Waals surface area contributed by atoms with Crippen LogP contribution in [0.1, 0.15) is 12.0 Å². The van der Waals surface area contributed by atoms with Gasteiger partial charge in [0, 0.05) is 17.8 Å². The molecule has 0 amide bonds. The summed E-state index contributed by atoms with van der Waals surface area (Å²) in [6, 6.07) is 6.46. The van der Waals surface area contributed by atoms with E-state index >= 15 is 0 Å². The van der Waals surface area contributed by atoms with Gasteiger partial charge in [-0.15, -0.1) is 0 Å². The summed E-state index contributed by atoms with van der Waals surface area (Å²) in [4.78, 5) is 0. The smallest absolute Gasteiger partial charge is 0.292 e. The lowest BCUT2D eigenvalue weighted by Crippen LogP contribution is -2.49. The Morgan fingerprint density at radius 1 is 0.917 bits per heavy atom. The molecule has 130 valence electrons. The molecule has 1 aromatic rings. The molecule has 6 N–H and O–H groups in total. The van der Waals surface area contributed by atoms with Crippen LogP contribution in [0.25, 0.3) is 6.08 Å². The molecule has 0 bridgehead atoms. The highest BCUT2D eigenvalue weighted by Crippen LogP contribution is 2.40. The van der Waals surface area contributed by atoms with Crippen LogP contribution in [0.3, 0.4) is 0 Å². The number of nitrogen functional groups attached to an aromatic ring is 1. The highest BCUT2D eigenvalue weighted by Gasteiger charge is 2.57. The summed E-state index contributed by atoms with van der Waals surface area (Å²) >= 11 is 0. The molecule has 1 aromatic carbocycles. The van der Waals surface area contributed by atoms with Gasteiger partial charge in [0.15, 0.2) is 0 Å². The van der Waals surface area contributed by atoms with Crippen LogP contribution in [0.2, 0.25) is 0 Å². The molecule has 0 radical (unpaired) electrons. The third kappa shape index (κ3) is 3.22. The number of rotatable bonds is 4. The number of benzene rings is 1. The van der Waals surface area contributed by atoms with Crippen LogP contribution < -0.4 is 11.5 Å². The minimum absolute atomic E-state index is 0.116. The Bertz CT molecular complexity index is 909. The Hall–Kier alpha value is -2.14. The molecule has 1 aliphatic carbocycles. The molecule has 0 fully saturated rings. The van der Waals surface area contributed by atoms with Crippen LogP contribution in [-0.2, 0) is 20.2 Å². The standard InChI is InChI=1S/C14H16N2O6S2/c15-12-6-2-10(3-7-12)1-4-11-5-8-13(16)9-14(11,23(17,18)19)24(20,21)22/h1-8H,9,15-16H2,(H,17,18,19)(H,20,21,22). The van der Waals surface area contributed by atoms with Gasteiger partial charge in [-0.1, -0.05) is 30.4 Å². The molecule has 2 rings (SSSR count). The van der Waals surface area contributed by atoms with Crippen molar-refractivity contribution < 1.29 is 25.9 Å². The van der Waals surface area contributed by atoms with Gasteiger partial charge in [0.25, 0.3) is 24.3 Å². The largest absolute Gasteiger partial charge is 0.402 e. The summed E-state index contributed by atoms with van der Waals surface area (Å²) in [5, 5.41) is 0. The maximum atomic E-state index is 11.8. The van der Waals surface area contributed by atoms with Gasteiger partial charge < -0.3 is 11.5 Å². The first-order valence-corrected chi connectivity index (χ1v) is 9.50. The van der Waals surface area contributed by atoms with E-state index in [9.17, 15) is 25.9 Å². The van der Waals surface area contributed by atoms with Crippen LogP contribution in [0.5, 0.6) is 0 Å². The van der Waals surface area contributed by atoms with Crippen LogP contribution in [0.15, 0.2) is 53.8 Å². The molecule has 24 heavy (non-hydrogen) atoms. The number of nitrogens with two attached hydrogens (primary N) is 2. The number of hydrogen-bond acceptors (Lipinski definition) is 6. The lowest BCUT2D eigenvalue weighted by atomic mass is 10.00. The summed E-state index contributed by atoms with van der Waals surface area (Å²) < 4.78 is 63.3. The maximum Gasteiger partial charge on any atom is 0.292 e. The van der Waals surface area contributed by atoms with Crippen LogP contribution in [0, 0.1) is 0 Å². The molecule has 0 aliphatic heterocycles.